The van der Waals surface area contributed by atoms with Crippen LogP contribution in [0.3, 0.4) is 0 Å². The summed E-state index contributed by atoms with van der Waals surface area (Å²) >= 11 is 0. The van der Waals surface area contributed by atoms with Gasteiger partial charge in [0.25, 0.3) is 0 Å². The molecule has 1 aliphatic heterocycles. The molecule has 2 N–H and O–H groups in total. The van der Waals surface area contributed by atoms with Crippen LogP contribution in [0, 0.1) is 0 Å². The molecule has 2 nitrogen and oxygen atoms in total. The number of nitrogens with one attached hydrogen (secondary N) is 2. The summed E-state index contributed by atoms with van der Waals surface area (Å²) in [6.45, 7) is 3.38. The van der Waals surface area contributed by atoms with E-state index in [4.69, 9.17) is 0 Å². The van der Waals surface area contributed by atoms with Crippen LogP contribution in [0.15, 0.2) is 0 Å². The molecule has 1 rings (SSSR count). The van der Waals surface area contributed by atoms with Crippen molar-refractivity contribution in [2.45, 2.75) is 6.42 Å². The molecule has 0 bridgehead atoms. The molecule has 1 aliphatic rings. The van der Waals surface area contributed by atoms with Crippen molar-refractivity contribution < 1.29 is 0 Å². The Hall–Kier alpha value is 0.500. The minimum atomic E-state index is 0. The second-order valence-corrected chi connectivity index (χ2v) is 1.53. The van der Waals surface area contributed by atoms with E-state index in [1.165, 1.54) is 19.5 Å². The van der Waals surface area contributed by atoms with Crippen molar-refractivity contribution in [1.29, 1.82) is 0 Å². The summed E-state index contributed by atoms with van der Waals surface area (Å²) < 4.78 is 0. The summed E-state index contributed by atoms with van der Waals surface area (Å²) in [6, 6.07) is 0. The SMILES string of the molecule is C1CNCNC1.Cl.Cl. The maximum Gasteiger partial charge on any atom is 0.0454 e. The Morgan fingerprint density at radius 2 is 1.38 bits per heavy atom. The molecule has 0 saturated carbocycles. The van der Waals surface area contributed by atoms with Gasteiger partial charge in [0.05, 0.1) is 0 Å². The molecular weight excluding hydrogens is 147 g/mol. The van der Waals surface area contributed by atoms with Crippen molar-refractivity contribution in [1.82, 2.24) is 10.6 Å². The lowest BCUT2D eigenvalue weighted by molar-refractivity contribution is 0.496. The summed E-state index contributed by atoms with van der Waals surface area (Å²) in [5, 5.41) is 6.35. The third-order valence-electron chi connectivity index (χ3n) is 0.957. The van der Waals surface area contributed by atoms with Crippen molar-refractivity contribution in [2.75, 3.05) is 19.8 Å². The molecule has 1 saturated heterocycles. The monoisotopic (exact) mass is 158 g/mol. The van der Waals surface area contributed by atoms with E-state index in [9.17, 15) is 0 Å². The third kappa shape index (κ3) is 4.65. The molecule has 52 valence electrons. The number of rotatable bonds is 0. The van der Waals surface area contributed by atoms with E-state index in [1.54, 1.807) is 0 Å². The normalized spacial score (nSPS) is 18.0. The average molecular weight is 159 g/mol. The molecule has 0 aliphatic carbocycles. The van der Waals surface area contributed by atoms with E-state index < -0.39 is 0 Å². The van der Waals surface area contributed by atoms with Gasteiger partial charge in [0.1, 0.15) is 0 Å². The van der Waals surface area contributed by atoms with E-state index in [2.05, 4.69) is 10.6 Å². The van der Waals surface area contributed by atoms with Gasteiger partial charge in [-0.2, -0.15) is 0 Å². The quantitative estimate of drug-likeness (QED) is 0.533. The molecular formula is C4H12Cl2N2. The van der Waals surface area contributed by atoms with E-state index in [1.807, 2.05) is 0 Å². The molecule has 0 unspecified atom stereocenters. The summed E-state index contributed by atoms with van der Waals surface area (Å²) in [4.78, 5) is 0. The van der Waals surface area contributed by atoms with Crippen LogP contribution in [0.4, 0.5) is 0 Å². The average Bonchev–Trinajstić information content (AvgIpc) is 1.72. The maximum absolute atomic E-state index is 3.17. The van der Waals surface area contributed by atoms with E-state index in [0.717, 1.165) is 6.67 Å². The van der Waals surface area contributed by atoms with E-state index >= 15 is 0 Å². The molecule has 4 heteroatoms. The Kier molecular flexibility index (Phi) is 10.6. The van der Waals surface area contributed by atoms with Crippen LogP contribution >= 0.6 is 24.8 Å². The molecule has 0 aromatic carbocycles. The van der Waals surface area contributed by atoms with Gasteiger partial charge in [-0.1, -0.05) is 0 Å². The van der Waals surface area contributed by atoms with Crippen molar-refractivity contribution >= 4 is 24.8 Å². The Bertz CT molecular complexity index is 27.5. The Balaban J connectivity index is 0. The van der Waals surface area contributed by atoms with Crippen LogP contribution in [0.2, 0.25) is 0 Å². The molecule has 0 radical (unpaired) electrons. The van der Waals surface area contributed by atoms with E-state index in [-0.39, 0.29) is 24.8 Å². The van der Waals surface area contributed by atoms with Crippen molar-refractivity contribution in [3.05, 3.63) is 0 Å². The predicted molar refractivity (Wildman–Crippen MR) is 40.0 cm³/mol. The predicted octanol–water partition coefficient (Wildman–Crippen LogP) is 0.370. The number of hydrogen-bond donors (Lipinski definition) is 2. The van der Waals surface area contributed by atoms with Crippen molar-refractivity contribution in [3.8, 4) is 0 Å². The number of halogens is 2. The zero-order chi connectivity index (χ0) is 4.24. The van der Waals surface area contributed by atoms with Gasteiger partial charge in [-0.15, -0.1) is 24.8 Å². The van der Waals surface area contributed by atoms with Crippen molar-refractivity contribution in [2.24, 2.45) is 0 Å². The second-order valence-electron chi connectivity index (χ2n) is 1.53. The first kappa shape index (κ1) is 11.3. The van der Waals surface area contributed by atoms with E-state index in [0.29, 0.717) is 0 Å². The van der Waals surface area contributed by atoms with Crippen LogP contribution in [0.5, 0.6) is 0 Å². The first-order chi connectivity index (χ1) is 3.00. The Labute approximate surface area is 62.2 Å². The maximum atomic E-state index is 3.17. The minimum Gasteiger partial charge on any atom is -0.304 e. The highest BCUT2D eigenvalue weighted by atomic mass is 35.5. The van der Waals surface area contributed by atoms with Gasteiger partial charge in [0.15, 0.2) is 0 Å². The summed E-state index contributed by atoms with van der Waals surface area (Å²) in [5.74, 6) is 0. The fraction of sp³-hybridized carbons (Fsp3) is 1.00. The summed E-state index contributed by atoms with van der Waals surface area (Å²) in [6.07, 6.45) is 1.28. The highest BCUT2D eigenvalue weighted by Crippen LogP contribution is 1.75. The Morgan fingerprint density at radius 1 is 0.875 bits per heavy atom. The molecule has 0 amide bonds. The smallest absolute Gasteiger partial charge is 0.0454 e. The van der Waals surface area contributed by atoms with Crippen molar-refractivity contribution in [3.63, 3.8) is 0 Å². The third-order valence-corrected chi connectivity index (χ3v) is 0.957. The highest BCUT2D eigenvalue weighted by molar-refractivity contribution is 5.85. The zero-order valence-corrected chi connectivity index (χ0v) is 6.28. The van der Waals surface area contributed by atoms with Gasteiger partial charge in [0.2, 0.25) is 0 Å². The van der Waals surface area contributed by atoms with Gasteiger partial charge in [-0.25, -0.2) is 0 Å². The molecule has 0 atom stereocenters. The molecule has 0 aromatic rings. The lowest BCUT2D eigenvalue weighted by Crippen LogP contribution is -2.37. The second kappa shape index (κ2) is 7.50. The lowest BCUT2D eigenvalue weighted by Gasteiger charge is -2.11. The summed E-state index contributed by atoms with van der Waals surface area (Å²) in [5.41, 5.74) is 0. The van der Waals surface area contributed by atoms with Crippen LogP contribution < -0.4 is 10.6 Å². The van der Waals surface area contributed by atoms with Gasteiger partial charge in [-0.05, 0) is 19.5 Å². The Morgan fingerprint density at radius 3 is 1.50 bits per heavy atom. The van der Waals surface area contributed by atoms with Gasteiger partial charge in [-0.3, -0.25) is 0 Å². The van der Waals surface area contributed by atoms with Crippen LogP contribution in [-0.4, -0.2) is 19.8 Å². The fourth-order valence-electron chi connectivity index (χ4n) is 0.604. The molecule has 0 aromatic heterocycles. The summed E-state index contributed by atoms with van der Waals surface area (Å²) in [7, 11) is 0. The first-order valence-corrected chi connectivity index (χ1v) is 2.41. The fourth-order valence-corrected chi connectivity index (χ4v) is 0.604. The molecule has 1 fully saturated rings. The minimum absolute atomic E-state index is 0. The van der Waals surface area contributed by atoms with Gasteiger partial charge < -0.3 is 10.6 Å². The van der Waals surface area contributed by atoms with Crippen LogP contribution in [-0.2, 0) is 0 Å². The topological polar surface area (TPSA) is 24.1 Å². The van der Waals surface area contributed by atoms with Crippen LogP contribution in [0.25, 0.3) is 0 Å². The number of hydrogen-bond acceptors (Lipinski definition) is 2. The largest absolute Gasteiger partial charge is 0.304 e. The van der Waals surface area contributed by atoms with Crippen LogP contribution in [0.1, 0.15) is 6.42 Å². The standard InChI is InChI=1S/C4H10N2.2ClH/c1-2-5-4-6-3-1;;/h5-6H,1-4H2;2*1H. The molecule has 0 spiro atoms. The zero-order valence-electron chi connectivity index (χ0n) is 4.64. The first-order valence-electron chi connectivity index (χ1n) is 2.41. The lowest BCUT2D eigenvalue weighted by atomic mass is 10.4. The highest BCUT2D eigenvalue weighted by Gasteiger charge is 1.91. The molecule has 1 heterocycles. The van der Waals surface area contributed by atoms with Gasteiger partial charge in [0, 0.05) is 6.67 Å². The molecule has 8 heavy (non-hydrogen) atoms. The van der Waals surface area contributed by atoms with Gasteiger partial charge >= 0.3 is 0 Å².